The molecule has 0 saturated carbocycles. The molecular weight excluding hydrogens is 249 g/mol. The van der Waals surface area contributed by atoms with Gasteiger partial charge >= 0.3 is 7.12 Å². The highest BCUT2D eigenvalue weighted by atomic mass is 16.7. The van der Waals surface area contributed by atoms with Crippen molar-refractivity contribution in [3.63, 3.8) is 0 Å². The van der Waals surface area contributed by atoms with Gasteiger partial charge in [-0.2, -0.15) is 0 Å². The van der Waals surface area contributed by atoms with E-state index in [1.54, 1.807) is 0 Å². The minimum Gasteiger partial charge on any atom is -0.398 e. The van der Waals surface area contributed by atoms with Gasteiger partial charge in [-0.3, -0.25) is 0 Å². The van der Waals surface area contributed by atoms with Crippen LogP contribution in [0.15, 0.2) is 0 Å². The van der Waals surface area contributed by atoms with Crippen molar-refractivity contribution in [3.05, 3.63) is 16.8 Å². The van der Waals surface area contributed by atoms with Gasteiger partial charge in [0.2, 0.25) is 0 Å². The summed E-state index contributed by atoms with van der Waals surface area (Å²) in [5.74, 6) is 0. The molecule has 0 amide bonds. The zero-order chi connectivity index (χ0) is 15.1. The Hall–Kier alpha value is -0.735. The first-order valence-corrected chi connectivity index (χ1v) is 7.85. The van der Waals surface area contributed by atoms with E-state index < -0.39 is 0 Å². The van der Waals surface area contributed by atoms with E-state index in [0.717, 1.165) is 24.9 Å². The lowest BCUT2D eigenvalue weighted by Gasteiger charge is -2.32. The third kappa shape index (κ3) is 2.33. The van der Waals surface area contributed by atoms with Gasteiger partial charge < -0.3 is 14.3 Å². The molecule has 0 spiro atoms. The summed E-state index contributed by atoms with van der Waals surface area (Å²) in [5, 5.41) is 0. The molecule has 0 unspecified atom stereocenters. The Kier molecular flexibility index (Phi) is 4.09. The molecule has 1 N–H and O–H groups in total. The monoisotopic (exact) mass is 277 g/mol. The number of aromatic nitrogens is 1. The number of rotatable bonds is 4. The second kappa shape index (κ2) is 5.23. The maximum atomic E-state index is 6.20. The van der Waals surface area contributed by atoms with Gasteiger partial charge in [0.05, 0.1) is 11.2 Å². The third-order valence-corrected chi connectivity index (χ3v) is 4.89. The molecule has 0 bridgehead atoms. The van der Waals surface area contributed by atoms with Gasteiger partial charge in [0, 0.05) is 11.3 Å². The summed E-state index contributed by atoms with van der Waals surface area (Å²) < 4.78 is 12.4. The summed E-state index contributed by atoms with van der Waals surface area (Å²) in [6.45, 7) is 15.0. The summed E-state index contributed by atoms with van der Waals surface area (Å²) in [6, 6.07) is 0. The van der Waals surface area contributed by atoms with Crippen LogP contribution in [0.2, 0.25) is 0 Å². The average molecular weight is 277 g/mol. The van der Waals surface area contributed by atoms with Crippen molar-refractivity contribution in [2.45, 2.75) is 78.9 Å². The summed E-state index contributed by atoms with van der Waals surface area (Å²) in [5.41, 5.74) is 4.70. The van der Waals surface area contributed by atoms with Crippen LogP contribution in [0.5, 0.6) is 0 Å². The van der Waals surface area contributed by atoms with Crippen LogP contribution in [-0.2, 0) is 28.6 Å². The van der Waals surface area contributed by atoms with Crippen LogP contribution >= 0.6 is 0 Å². The maximum Gasteiger partial charge on any atom is 0.512 e. The van der Waals surface area contributed by atoms with Gasteiger partial charge in [-0.25, -0.2) is 0 Å². The largest absolute Gasteiger partial charge is 0.512 e. The fourth-order valence-corrected chi connectivity index (χ4v) is 2.95. The number of H-pyrrole nitrogens is 1. The van der Waals surface area contributed by atoms with Crippen molar-refractivity contribution in [1.29, 1.82) is 0 Å². The zero-order valence-electron chi connectivity index (χ0n) is 14.0. The fraction of sp³-hybridized carbons (Fsp3) is 0.750. The highest BCUT2D eigenvalue weighted by Gasteiger charge is 2.52. The second-order valence-electron chi connectivity index (χ2n) is 6.62. The molecule has 2 rings (SSSR count). The Morgan fingerprint density at radius 1 is 0.850 bits per heavy atom. The normalized spacial score (nSPS) is 20.6. The lowest BCUT2D eigenvalue weighted by molar-refractivity contribution is 0.00578. The maximum absolute atomic E-state index is 6.20. The van der Waals surface area contributed by atoms with Crippen molar-refractivity contribution < 1.29 is 9.31 Å². The molecule has 0 aliphatic carbocycles. The molecule has 0 radical (unpaired) electrons. The predicted octanol–water partition coefficient (Wildman–Crippen LogP) is 3.00. The first-order valence-electron chi connectivity index (χ1n) is 7.85. The molecule has 0 atom stereocenters. The second-order valence-corrected chi connectivity index (χ2v) is 6.62. The highest BCUT2D eigenvalue weighted by Crippen LogP contribution is 2.37. The van der Waals surface area contributed by atoms with Crippen LogP contribution in [0.25, 0.3) is 0 Å². The average Bonchev–Trinajstić information content (AvgIpc) is 2.83. The molecule has 20 heavy (non-hydrogen) atoms. The van der Waals surface area contributed by atoms with Crippen LogP contribution in [0.3, 0.4) is 0 Å². The van der Waals surface area contributed by atoms with E-state index in [9.17, 15) is 0 Å². The molecule has 2 heterocycles. The molecule has 0 aromatic carbocycles. The first kappa shape index (κ1) is 15.6. The molecule has 1 fully saturated rings. The molecular formula is C16H28BNO2. The Labute approximate surface area is 123 Å². The van der Waals surface area contributed by atoms with E-state index >= 15 is 0 Å². The Balaban J connectivity index is 2.42. The number of nitrogens with one attached hydrogen (secondary N) is 1. The molecule has 1 aliphatic heterocycles. The van der Waals surface area contributed by atoms with Gasteiger partial charge in [-0.05, 0) is 58.1 Å². The number of aryl methyl sites for hydroxylation is 1. The van der Waals surface area contributed by atoms with E-state index in [0.29, 0.717) is 0 Å². The van der Waals surface area contributed by atoms with Crippen molar-refractivity contribution in [1.82, 2.24) is 4.98 Å². The topological polar surface area (TPSA) is 34.2 Å². The van der Waals surface area contributed by atoms with Gasteiger partial charge in [-0.15, -0.1) is 0 Å². The van der Waals surface area contributed by atoms with E-state index in [1.807, 2.05) is 0 Å². The predicted molar refractivity (Wildman–Crippen MR) is 84.6 cm³/mol. The molecule has 1 aromatic heterocycles. The fourth-order valence-electron chi connectivity index (χ4n) is 2.95. The van der Waals surface area contributed by atoms with E-state index in [1.165, 1.54) is 16.8 Å². The molecule has 1 aromatic rings. The van der Waals surface area contributed by atoms with Gasteiger partial charge in [0.1, 0.15) is 0 Å². The third-order valence-electron chi connectivity index (χ3n) is 4.89. The standard InChI is InChI=1S/C16H28BNO2/c1-8-11-12(9-2)14(18-13(11)10-3)17-19-15(4,5)16(6,7)20-17/h18H,8-10H2,1-7H3. The lowest BCUT2D eigenvalue weighted by Crippen LogP contribution is -2.41. The van der Waals surface area contributed by atoms with Crippen LogP contribution in [0.4, 0.5) is 0 Å². The van der Waals surface area contributed by atoms with Crippen molar-refractivity contribution in [3.8, 4) is 0 Å². The SMILES string of the molecule is CCc1[nH]c(B2OC(C)(C)C(C)(C)O2)c(CC)c1CC. The number of hydrogen-bond acceptors (Lipinski definition) is 2. The van der Waals surface area contributed by atoms with Crippen LogP contribution in [0, 0.1) is 0 Å². The van der Waals surface area contributed by atoms with Crippen molar-refractivity contribution in [2.75, 3.05) is 0 Å². The highest BCUT2D eigenvalue weighted by molar-refractivity contribution is 6.61. The molecule has 1 saturated heterocycles. The van der Waals surface area contributed by atoms with Gasteiger partial charge in [0.15, 0.2) is 0 Å². The first-order chi connectivity index (χ1) is 9.27. The number of aromatic amines is 1. The Morgan fingerprint density at radius 3 is 1.75 bits per heavy atom. The molecule has 112 valence electrons. The minimum atomic E-state index is -0.285. The van der Waals surface area contributed by atoms with Crippen LogP contribution in [-0.4, -0.2) is 23.3 Å². The van der Waals surface area contributed by atoms with Crippen molar-refractivity contribution in [2.24, 2.45) is 0 Å². The summed E-state index contributed by atoms with van der Waals surface area (Å²) in [4.78, 5) is 3.57. The summed E-state index contributed by atoms with van der Waals surface area (Å²) in [7, 11) is -0.277. The summed E-state index contributed by atoms with van der Waals surface area (Å²) in [6.07, 6.45) is 3.09. The lowest BCUT2D eigenvalue weighted by atomic mass is 9.80. The summed E-state index contributed by atoms with van der Waals surface area (Å²) >= 11 is 0. The quantitative estimate of drug-likeness (QED) is 0.858. The van der Waals surface area contributed by atoms with Crippen LogP contribution < -0.4 is 5.59 Å². The minimum absolute atomic E-state index is 0.277. The smallest absolute Gasteiger partial charge is 0.398 e. The van der Waals surface area contributed by atoms with Crippen LogP contribution in [0.1, 0.15) is 65.3 Å². The molecule has 4 heteroatoms. The van der Waals surface area contributed by atoms with Gasteiger partial charge in [0.25, 0.3) is 0 Å². The van der Waals surface area contributed by atoms with E-state index in [4.69, 9.17) is 9.31 Å². The van der Waals surface area contributed by atoms with Gasteiger partial charge in [-0.1, -0.05) is 20.8 Å². The van der Waals surface area contributed by atoms with Crippen molar-refractivity contribution >= 4 is 12.7 Å². The Bertz CT molecular complexity index is 475. The molecule has 3 nitrogen and oxygen atoms in total. The Morgan fingerprint density at radius 2 is 1.35 bits per heavy atom. The zero-order valence-corrected chi connectivity index (χ0v) is 14.0. The van der Waals surface area contributed by atoms with E-state index in [-0.39, 0.29) is 18.3 Å². The van der Waals surface area contributed by atoms with E-state index in [2.05, 4.69) is 53.5 Å². The molecule has 1 aliphatic rings. The number of hydrogen-bond donors (Lipinski definition) is 1.